The van der Waals surface area contributed by atoms with Crippen molar-refractivity contribution in [1.82, 2.24) is 15.2 Å². The number of carbonyl (C=O) groups excluding carboxylic acids is 1. The smallest absolute Gasteiger partial charge is 0.341 e. The van der Waals surface area contributed by atoms with E-state index in [0.717, 1.165) is 38.7 Å². The second-order valence-electron chi connectivity index (χ2n) is 5.91. The molecule has 0 radical (unpaired) electrons. The fourth-order valence-corrected chi connectivity index (χ4v) is 2.89. The number of likely N-dealkylation sites (tertiary alicyclic amines) is 1. The van der Waals surface area contributed by atoms with Gasteiger partial charge in [0.2, 0.25) is 5.91 Å². The minimum absolute atomic E-state index is 0.0471. The van der Waals surface area contributed by atoms with E-state index in [4.69, 9.17) is 0 Å². The molecule has 23 heavy (non-hydrogen) atoms. The Hall–Kier alpha value is -1.63. The van der Waals surface area contributed by atoms with Crippen LogP contribution in [0.5, 0.6) is 0 Å². The minimum atomic E-state index is -4.54. The van der Waals surface area contributed by atoms with Crippen molar-refractivity contribution in [3.63, 3.8) is 0 Å². The van der Waals surface area contributed by atoms with E-state index in [1.54, 1.807) is 0 Å². The first-order chi connectivity index (χ1) is 10.9. The van der Waals surface area contributed by atoms with E-state index < -0.39 is 18.1 Å². The van der Waals surface area contributed by atoms with E-state index in [1.165, 1.54) is 18.3 Å². The number of hydrogen-bond acceptors (Lipinski definition) is 3. The topological polar surface area (TPSA) is 45.2 Å². The van der Waals surface area contributed by atoms with Gasteiger partial charge >= 0.3 is 6.18 Å². The maximum absolute atomic E-state index is 13.2. The Balaban J connectivity index is 1.94. The Labute approximate surface area is 134 Å². The number of halogens is 3. The molecule has 2 heterocycles. The molecule has 0 aromatic carbocycles. The number of aromatic nitrogens is 1. The summed E-state index contributed by atoms with van der Waals surface area (Å²) in [5.41, 5.74) is -0.0471. The molecule has 7 heteroatoms. The predicted octanol–water partition coefficient (Wildman–Crippen LogP) is 2.92. The largest absolute Gasteiger partial charge is 0.412 e. The van der Waals surface area contributed by atoms with E-state index in [2.05, 4.69) is 22.1 Å². The summed E-state index contributed by atoms with van der Waals surface area (Å²) >= 11 is 0. The van der Waals surface area contributed by atoms with Crippen LogP contribution in [0.15, 0.2) is 24.5 Å². The molecule has 1 amide bonds. The van der Waals surface area contributed by atoms with E-state index in [0.29, 0.717) is 0 Å². The van der Waals surface area contributed by atoms with Gasteiger partial charge in [-0.25, -0.2) is 0 Å². The average molecular weight is 329 g/mol. The molecular formula is C16H22F3N3O. The van der Waals surface area contributed by atoms with E-state index in [-0.39, 0.29) is 17.9 Å². The number of carbonyl (C=O) groups is 1. The molecule has 0 unspecified atom stereocenters. The summed E-state index contributed by atoms with van der Waals surface area (Å²) in [6.07, 6.45) is -0.150. The van der Waals surface area contributed by atoms with Gasteiger partial charge in [-0.2, -0.15) is 13.2 Å². The summed E-state index contributed by atoms with van der Waals surface area (Å²) in [6.45, 7) is 4.85. The van der Waals surface area contributed by atoms with Crippen LogP contribution in [0, 0.1) is 5.92 Å². The van der Waals surface area contributed by atoms with Crippen LogP contribution >= 0.6 is 0 Å². The van der Waals surface area contributed by atoms with Crippen molar-refractivity contribution in [3.8, 4) is 0 Å². The Kier molecular flexibility index (Phi) is 5.98. The van der Waals surface area contributed by atoms with Gasteiger partial charge in [0.15, 0.2) is 6.04 Å². The number of nitrogens with one attached hydrogen (secondary N) is 1. The van der Waals surface area contributed by atoms with Gasteiger partial charge in [-0.1, -0.05) is 13.0 Å². The first-order valence-electron chi connectivity index (χ1n) is 7.88. The molecule has 1 N–H and O–H groups in total. The number of amides is 1. The first-order valence-corrected chi connectivity index (χ1v) is 7.88. The molecule has 0 aliphatic carbocycles. The summed E-state index contributed by atoms with van der Waals surface area (Å²) in [6, 6.07) is 0.755. The van der Waals surface area contributed by atoms with E-state index >= 15 is 0 Å². The molecule has 0 spiro atoms. The number of rotatable bonds is 5. The number of hydrogen-bond donors (Lipinski definition) is 1. The zero-order valence-corrected chi connectivity index (χ0v) is 13.1. The van der Waals surface area contributed by atoms with Crippen LogP contribution in [0.25, 0.3) is 0 Å². The van der Waals surface area contributed by atoms with Gasteiger partial charge in [0.25, 0.3) is 0 Å². The summed E-state index contributed by atoms with van der Waals surface area (Å²) in [5, 5.41) is 2.13. The lowest BCUT2D eigenvalue weighted by Gasteiger charge is -2.31. The van der Waals surface area contributed by atoms with Gasteiger partial charge in [-0.3, -0.25) is 9.78 Å². The van der Waals surface area contributed by atoms with E-state index in [1.807, 2.05) is 0 Å². The van der Waals surface area contributed by atoms with Crippen molar-refractivity contribution in [2.45, 2.75) is 38.4 Å². The molecule has 4 nitrogen and oxygen atoms in total. The second-order valence-corrected chi connectivity index (χ2v) is 5.91. The Bertz CT molecular complexity index is 499. The highest BCUT2D eigenvalue weighted by atomic mass is 19.4. The minimum Gasteiger partial charge on any atom is -0.341 e. The molecule has 1 saturated heterocycles. The zero-order valence-electron chi connectivity index (χ0n) is 13.1. The molecule has 128 valence electrons. The van der Waals surface area contributed by atoms with Gasteiger partial charge in [-0.15, -0.1) is 0 Å². The summed E-state index contributed by atoms with van der Waals surface area (Å²) in [5.74, 6) is -0.397. The van der Waals surface area contributed by atoms with E-state index in [9.17, 15) is 18.0 Å². The van der Waals surface area contributed by atoms with Crippen LogP contribution in [0.3, 0.4) is 0 Å². The molecule has 1 atom stereocenters. The molecule has 2 rings (SSSR count). The average Bonchev–Trinajstić information content (AvgIpc) is 2.53. The monoisotopic (exact) mass is 329 g/mol. The third-order valence-corrected chi connectivity index (χ3v) is 4.28. The van der Waals surface area contributed by atoms with Crippen molar-refractivity contribution >= 4 is 5.91 Å². The van der Waals surface area contributed by atoms with Gasteiger partial charge in [0.05, 0.1) is 0 Å². The Morgan fingerprint density at radius 3 is 2.65 bits per heavy atom. The number of piperidine rings is 1. The third kappa shape index (κ3) is 5.20. The van der Waals surface area contributed by atoms with Crippen LogP contribution in [0.1, 0.15) is 37.8 Å². The molecule has 1 aliphatic rings. The highest BCUT2D eigenvalue weighted by Crippen LogP contribution is 2.32. The lowest BCUT2D eigenvalue weighted by atomic mass is 9.93. The van der Waals surface area contributed by atoms with Crippen molar-refractivity contribution in [3.05, 3.63) is 30.1 Å². The lowest BCUT2D eigenvalue weighted by Crippen LogP contribution is -2.40. The number of pyridine rings is 1. The molecule has 1 aliphatic heterocycles. The number of nitrogens with zero attached hydrogens (tertiary/aromatic N) is 2. The molecule has 1 fully saturated rings. The standard InChI is InChI=1S/C16H22F3N3O/c1-2-22-8-5-12(6-9-22)10-14(23)21-15(16(17,18)19)13-4-3-7-20-11-13/h3-4,7,11-12,15H,2,5-6,8-10H2,1H3,(H,21,23)/t15-/m1/s1. The van der Waals surface area contributed by atoms with Crippen molar-refractivity contribution in [2.24, 2.45) is 5.92 Å². The summed E-state index contributed by atoms with van der Waals surface area (Å²) in [7, 11) is 0. The van der Waals surface area contributed by atoms with Crippen LogP contribution in [-0.4, -0.2) is 41.6 Å². The van der Waals surface area contributed by atoms with Crippen LogP contribution in [0.4, 0.5) is 13.2 Å². The molecule has 1 aromatic heterocycles. The molecule has 0 bridgehead atoms. The first kappa shape index (κ1) is 17.7. The summed E-state index contributed by atoms with van der Waals surface area (Å²) in [4.78, 5) is 18.0. The lowest BCUT2D eigenvalue weighted by molar-refractivity contribution is -0.163. The zero-order chi connectivity index (χ0) is 16.9. The van der Waals surface area contributed by atoms with Gasteiger partial charge in [0.1, 0.15) is 0 Å². The fraction of sp³-hybridized carbons (Fsp3) is 0.625. The quantitative estimate of drug-likeness (QED) is 0.903. The number of alkyl halides is 3. The Morgan fingerprint density at radius 1 is 1.43 bits per heavy atom. The third-order valence-electron chi connectivity index (χ3n) is 4.28. The van der Waals surface area contributed by atoms with Crippen molar-refractivity contribution in [2.75, 3.05) is 19.6 Å². The SMILES string of the molecule is CCN1CCC(CC(=O)N[C@H](c2cccnc2)C(F)(F)F)CC1. The van der Waals surface area contributed by atoms with Crippen molar-refractivity contribution in [1.29, 1.82) is 0 Å². The van der Waals surface area contributed by atoms with Gasteiger partial charge in [0, 0.05) is 24.4 Å². The second kappa shape index (κ2) is 7.77. The van der Waals surface area contributed by atoms with Gasteiger partial charge < -0.3 is 10.2 Å². The van der Waals surface area contributed by atoms with Crippen LogP contribution in [0.2, 0.25) is 0 Å². The maximum Gasteiger partial charge on any atom is 0.412 e. The maximum atomic E-state index is 13.2. The molecule has 0 saturated carbocycles. The Morgan fingerprint density at radius 2 is 2.13 bits per heavy atom. The normalized spacial score (nSPS) is 18.6. The highest BCUT2D eigenvalue weighted by molar-refractivity contribution is 5.76. The van der Waals surface area contributed by atoms with Crippen LogP contribution < -0.4 is 5.32 Å². The molecular weight excluding hydrogens is 307 g/mol. The van der Waals surface area contributed by atoms with Crippen molar-refractivity contribution < 1.29 is 18.0 Å². The molecule has 1 aromatic rings. The van der Waals surface area contributed by atoms with Crippen LogP contribution in [-0.2, 0) is 4.79 Å². The summed E-state index contributed by atoms with van der Waals surface area (Å²) < 4.78 is 39.6. The van der Waals surface area contributed by atoms with Gasteiger partial charge in [-0.05, 0) is 44.5 Å². The predicted molar refractivity (Wildman–Crippen MR) is 80.6 cm³/mol. The fourth-order valence-electron chi connectivity index (χ4n) is 2.89. The highest BCUT2D eigenvalue weighted by Gasteiger charge is 2.42.